The highest BCUT2D eigenvalue weighted by Gasteiger charge is 2.21. The number of hydrogen-bond donors (Lipinski definition) is 1. The number of methoxy groups -OCH3 is 1. The van der Waals surface area contributed by atoms with Crippen molar-refractivity contribution in [2.75, 3.05) is 40.8 Å². The molecule has 8 heteroatoms. The van der Waals surface area contributed by atoms with Gasteiger partial charge in [0.2, 0.25) is 0 Å². The van der Waals surface area contributed by atoms with Gasteiger partial charge in [0.1, 0.15) is 5.75 Å². The molecule has 172 valence electrons. The molecule has 0 spiro atoms. The molecular weight excluding hydrogens is 521 g/mol. The Morgan fingerprint density at radius 2 is 2.06 bits per heavy atom. The van der Waals surface area contributed by atoms with Crippen molar-refractivity contribution < 1.29 is 4.74 Å². The minimum atomic E-state index is 0. The molecule has 0 amide bonds. The molecule has 1 saturated heterocycles. The SMILES string of the molecule is CCc1nc(CN2CCC(CNC(=NC)N(C)Cc3ccccc3OC)CC2)cs1.I. The van der Waals surface area contributed by atoms with Gasteiger partial charge in [-0.1, -0.05) is 25.1 Å². The fourth-order valence-corrected chi connectivity index (χ4v) is 4.68. The Bertz CT molecular complexity index is 820. The van der Waals surface area contributed by atoms with Crippen molar-refractivity contribution in [2.45, 2.75) is 39.3 Å². The van der Waals surface area contributed by atoms with Crippen LogP contribution in [-0.4, -0.2) is 61.6 Å². The first-order valence-corrected chi connectivity index (χ1v) is 11.7. The van der Waals surface area contributed by atoms with Crippen molar-refractivity contribution in [2.24, 2.45) is 10.9 Å². The van der Waals surface area contributed by atoms with E-state index in [1.807, 2.05) is 25.2 Å². The predicted molar refractivity (Wildman–Crippen MR) is 141 cm³/mol. The molecule has 0 radical (unpaired) electrons. The number of benzene rings is 1. The van der Waals surface area contributed by atoms with Crippen LogP contribution in [0.2, 0.25) is 0 Å². The molecule has 0 bridgehead atoms. The lowest BCUT2D eigenvalue weighted by Gasteiger charge is -2.32. The summed E-state index contributed by atoms with van der Waals surface area (Å²) in [6.45, 7) is 7.16. The largest absolute Gasteiger partial charge is 0.496 e. The number of para-hydroxylation sites is 1. The van der Waals surface area contributed by atoms with E-state index in [9.17, 15) is 0 Å². The molecule has 3 rings (SSSR count). The van der Waals surface area contributed by atoms with Gasteiger partial charge in [-0.2, -0.15) is 0 Å². The number of hydrogen-bond acceptors (Lipinski definition) is 5. The van der Waals surface area contributed by atoms with Crippen LogP contribution in [0.5, 0.6) is 5.75 Å². The molecular formula is C23H36IN5OS. The van der Waals surface area contributed by atoms with E-state index in [4.69, 9.17) is 9.72 Å². The van der Waals surface area contributed by atoms with Gasteiger partial charge in [0, 0.05) is 44.7 Å². The summed E-state index contributed by atoms with van der Waals surface area (Å²) in [4.78, 5) is 13.9. The van der Waals surface area contributed by atoms with E-state index in [0.717, 1.165) is 56.4 Å². The van der Waals surface area contributed by atoms with Crippen LogP contribution in [0.1, 0.15) is 36.0 Å². The van der Waals surface area contributed by atoms with Crippen LogP contribution in [0.4, 0.5) is 0 Å². The smallest absolute Gasteiger partial charge is 0.193 e. The van der Waals surface area contributed by atoms with Gasteiger partial charge in [-0.05, 0) is 44.3 Å². The number of rotatable bonds is 8. The molecule has 0 unspecified atom stereocenters. The summed E-state index contributed by atoms with van der Waals surface area (Å²) >= 11 is 1.78. The summed E-state index contributed by atoms with van der Waals surface area (Å²) < 4.78 is 5.48. The Labute approximate surface area is 208 Å². The highest BCUT2D eigenvalue weighted by molar-refractivity contribution is 14.0. The minimum Gasteiger partial charge on any atom is -0.496 e. The lowest BCUT2D eigenvalue weighted by molar-refractivity contribution is 0.176. The predicted octanol–water partition coefficient (Wildman–Crippen LogP) is 4.25. The van der Waals surface area contributed by atoms with Crippen molar-refractivity contribution in [3.63, 3.8) is 0 Å². The van der Waals surface area contributed by atoms with Crippen LogP contribution in [0.3, 0.4) is 0 Å². The molecule has 0 atom stereocenters. The Kier molecular flexibility index (Phi) is 11.0. The summed E-state index contributed by atoms with van der Waals surface area (Å²) in [5.41, 5.74) is 2.39. The van der Waals surface area contributed by atoms with E-state index in [2.05, 4.69) is 45.5 Å². The maximum atomic E-state index is 5.48. The van der Waals surface area contributed by atoms with Crippen molar-refractivity contribution in [3.8, 4) is 5.75 Å². The Morgan fingerprint density at radius 3 is 2.71 bits per heavy atom. The van der Waals surface area contributed by atoms with Gasteiger partial charge in [-0.25, -0.2) is 4.98 Å². The van der Waals surface area contributed by atoms with Gasteiger partial charge in [-0.3, -0.25) is 9.89 Å². The number of thiazole rings is 1. The first kappa shape index (κ1) is 25.9. The van der Waals surface area contributed by atoms with Crippen LogP contribution in [0.15, 0.2) is 34.6 Å². The van der Waals surface area contributed by atoms with Gasteiger partial charge in [-0.15, -0.1) is 35.3 Å². The summed E-state index contributed by atoms with van der Waals surface area (Å²) in [5.74, 6) is 2.52. The molecule has 31 heavy (non-hydrogen) atoms. The van der Waals surface area contributed by atoms with Crippen molar-refractivity contribution in [1.29, 1.82) is 0 Å². The van der Waals surface area contributed by atoms with Crippen LogP contribution < -0.4 is 10.1 Å². The first-order chi connectivity index (χ1) is 14.6. The maximum Gasteiger partial charge on any atom is 0.193 e. The highest BCUT2D eigenvalue weighted by atomic mass is 127. The number of halogens is 1. The summed E-state index contributed by atoms with van der Waals surface area (Å²) in [6.07, 6.45) is 3.46. The molecule has 1 aliphatic heterocycles. The fraction of sp³-hybridized carbons (Fsp3) is 0.565. The van der Waals surface area contributed by atoms with Crippen molar-refractivity contribution in [3.05, 3.63) is 45.9 Å². The standard InChI is InChI=1S/C23H35N5OS.HI/c1-5-22-26-20(17-30-22)16-28-12-10-18(11-13-28)14-25-23(24-2)27(3)15-19-8-6-7-9-21(19)29-4;/h6-9,17-18H,5,10-16H2,1-4H3,(H,24,25);1H. The Morgan fingerprint density at radius 1 is 1.32 bits per heavy atom. The van der Waals surface area contributed by atoms with Gasteiger partial charge in [0.05, 0.1) is 17.8 Å². The van der Waals surface area contributed by atoms with E-state index < -0.39 is 0 Å². The zero-order valence-electron chi connectivity index (χ0n) is 19.1. The first-order valence-electron chi connectivity index (χ1n) is 10.8. The number of aliphatic imine (C=N–C) groups is 1. The number of nitrogens with zero attached hydrogens (tertiary/aromatic N) is 4. The molecule has 0 aliphatic carbocycles. The molecule has 2 heterocycles. The van der Waals surface area contributed by atoms with Crippen molar-refractivity contribution in [1.82, 2.24) is 20.1 Å². The average Bonchev–Trinajstić information content (AvgIpc) is 3.23. The monoisotopic (exact) mass is 557 g/mol. The quantitative estimate of drug-likeness (QED) is 0.299. The van der Waals surface area contributed by atoms with Gasteiger partial charge in [0.25, 0.3) is 0 Å². The van der Waals surface area contributed by atoms with E-state index in [0.29, 0.717) is 5.92 Å². The molecule has 1 fully saturated rings. The number of likely N-dealkylation sites (tertiary alicyclic amines) is 1. The van der Waals surface area contributed by atoms with E-state index in [-0.39, 0.29) is 24.0 Å². The summed E-state index contributed by atoms with van der Waals surface area (Å²) in [6, 6.07) is 8.15. The molecule has 0 saturated carbocycles. The third-order valence-corrected chi connectivity index (χ3v) is 6.76. The average molecular weight is 558 g/mol. The molecule has 1 aromatic heterocycles. The van der Waals surface area contributed by atoms with Crippen LogP contribution >= 0.6 is 35.3 Å². The molecule has 1 aromatic carbocycles. The maximum absolute atomic E-state index is 5.48. The Hall–Kier alpha value is -1.39. The summed E-state index contributed by atoms with van der Waals surface area (Å²) in [7, 11) is 5.64. The molecule has 2 aromatic rings. The number of piperidine rings is 1. The van der Waals surface area contributed by atoms with Crippen LogP contribution in [-0.2, 0) is 19.5 Å². The number of guanidine groups is 1. The van der Waals surface area contributed by atoms with E-state index in [1.54, 1.807) is 18.4 Å². The molecule has 1 aliphatic rings. The lowest BCUT2D eigenvalue weighted by Crippen LogP contribution is -2.43. The second kappa shape index (κ2) is 13.2. The third-order valence-electron chi connectivity index (χ3n) is 5.72. The summed E-state index contributed by atoms with van der Waals surface area (Å²) in [5, 5.41) is 7.04. The van der Waals surface area contributed by atoms with Gasteiger partial charge >= 0.3 is 0 Å². The second-order valence-corrected chi connectivity index (χ2v) is 8.84. The fourth-order valence-electron chi connectivity index (χ4n) is 3.95. The number of aromatic nitrogens is 1. The van der Waals surface area contributed by atoms with Crippen molar-refractivity contribution >= 4 is 41.3 Å². The molecule has 6 nitrogen and oxygen atoms in total. The third kappa shape index (κ3) is 7.61. The zero-order valence-corrected chi connectivity index (χ0v) is 22.3. The van der Waals surface area contributed by atoms with E-state index in [1.165, 1.54) is 23.5 Å². The number of ether oxygens (including phenoxy) is 1. The van der Waals surface area contributed by atoms with Gasteiger partial charge < -0.3 is 15.0 Å². The minimum absolute atomic E-state index is 0. The topological polar surface area (TPSA) is 53.0 Å². The number of nitrogens with one attached hydrogen (secondary N) is 1. The molecule has 1 N–H and O–H groups in total. The van der Waals surface area contributed by atoms with Crippen LogP contribution in [0.25, 0.3) is 0 Å². The van der Waals surface area contributed by atoms with Gasteiger partial charge in [0.15, 0.2) is 5.96 Å². The number of aryl methyl sites for hydroxylation is 1. The normalized spacial score (nSPS) is 15.4. The van der Waals surface area contributed by atoms with Crippen LogP contribution in [0, 0.1) is 5.92 Å². The highest BCUT2D eigenvalue weighted by Crippen LogP contribution is 2.21. The lowest BCUT2D eigenvalue weighted by atomic mass is 9.97. The zero-order chi connectivity index (χ0) is 21.3. The van der Waals surface area contributed by atoms with E-state index >= 15 is 0 Å². The Balaban J connectivity index is 0.00000341. The second-order valence-electron chi connectivity index (χ2n) is 7.90.